The fourth-order valence-electron chi connectivity index (χ4n) is 5.42. The molecule has 1 saturated heterocycles. The van der Waals surface area contributed by atoms with E-state index in [2.05, 4.69) is 27.8 Å². The van der Waals surface area contributed by atoms with E-state index >= 15 is 0 Å². The third-order valence-electron chi connectivity index (χ3n) is 6.90. The van der Waals surface area contributed by atoms with Crippen LogP contribution < -0.4 is 5.73 Å². The molecule has 0 radical (unpaired) electrons. The van der Waals surface area contributed by atoms with E-state index in [1.165, 1.54) is 24.8 Å². The molecule has 0 spiro atoms. The fourth-order valence-corrected chi connectivity index (χ4v) is 5.42. The average molecular weight is 345 g/mol. The van der Waals surface area contributed by atoms with Crippen molar-refractivity contribution in [2.75, 3.05) is 13.1 Å². The smallest absolute Gasteiger partial charge is 0.225 e. The van der Waals surface area contributed by atoms with Gasteiger partial charge in [0.2, 0.25) is 5.91 Å². The van der Waals surface area contributed by atoms with E-state index in [1.54, 1.807) is 0 Å². The number of aryl methyl sites for hydroxylation is 1. The van der Waals surface area contributed by atoms with Gasteiger partial charge in [-0.05, 0) is 68.8 Å². The number of likely N-dealkylation sites (tertiary alicyclic amines) is 1. The van der Waals surface area contributed by atoms with E-state index < -0.39 is 0 Å². The first-order chi connectivity index (χ1) is 12.1. The van der Waals surface area contributed by atoms with Crippen LogP contribution in [0.5, 0.6) is 0 Å². The molecule has 2 heterocycles. The third-order valence-corrected chi connectivity index (χ3v) is 6.90. The summed E-state index contributed by atoms with van der Waals surface area (Å²) in [5.74, 6) is 2.46. The highest BCUT2D eigenvalue weighted by Crippen LogP contribution is 2.42. The van der Waals surface area contributed by atoms with Crippen LogP contribution in [0, 0.1) is 30.6 Å². The number of rotatable bonds is 3. The first-order valence-corrected chi connectivity index (χ1v) is 10.1. The number of hydrogen-bond donors (Lipinski definition) is 1. The number of amides is 1. The maximum absolute atomic E-state index is 13.0. The van der Waals surface area contributed by atoms with Crippen molar-refractivity contribution in [3.05, 3.63) is 18.0 Å². The SMILES string of the molecule is Cc1cnn(CC2CCN(C(=O)C3CC4CCCC(C3)C4N)CC2)c1. The van der Waals surface area contributed by atoms with Crippen molar-refractivity contribution >= 4 is 5.91 Å². The summed E-state index contributed by atoms with van der Waals surface area (Å²) in [5.41, 5.74) is 7.60. The Kier molecular flexibility index (Phi) is 4.85. The summed E-state index contributed by atoms with van der Waals surface area (Å²) in [6.45, 7) is 4.90. The number of nitrogens with zero attached hydrogens (tertiary/aromatic N) is 3. The molecule has 138 valence electrons. The molecule has 2 atom stereocenters. The van der Waals surface area contributed by atoms with E-state index in [0.29, 0.717) is 29.7 Å². The molecule has 25 heavy (non-hydrogen) atoms. The van der Waals surface area contributed by atoms with Crippen LogP contribution in [0.1, 0.15) is 50.5 Å². The summed E-state index contributed by atoms with van der Waals surface area (Å²) in [7, 11) is 0. The molecule has 2 bridgehead atoms. The predicted molar refractivity (Wildman–Crippen MR) is 97.8 cm³/mol. The topological polar surface area (TPSA) is 64.2 Å². The highest BCUT2D eigenvalue weighted by atomic mass is 16.2. The minimum atomic E-state index is 0.236. The molecule has 3 aliphatic rings. The van der Waals surface area contributed by atoms with Crippen molar-refractivity contribution in [1.29, 1.82) is 0 Å². The zero-order chi connectivity index (χ0) is 17.4. The normalized spacial score (nSPS) is 33.4. The molecule has 5 heteroatoms. The van der Waals surface area contributed by atoms with Crippen molar-refractivity contribution in [2.24, 2.45) is 29.4 Å². The van der Waals surface area contributed by atoms with Crippen LogP contribution in [-0.4, -0.2) is 39.7 Å². The Morgan fingerprint density at radius 3 is 2.48 bits per heavy atom. The molecule has 4 rings (SSSR count). The molecule has 2 saturated carbocycles. The molecule has 1 aromatic rings. The molecule has 3 fully saturated rings. The van der Waals surface area contributed by atoms with E-state index in [0.717, 1.165) is 45.3 Å². The summed E-state index contributed by atoms with van der Waals surface area (Å²) in [6.07, 6.45) is 12.1. The Balaban J connectivity index is 1.29. The maximum Gasteiger partial charge on any atom is 0.225 e. The Morgan fingerprint density at radius 2 is 1.88 bits per heavy atom. The Labute approximate surface area is 150 Å². The van der Waals surface area contributed by atoms with Crippen LogP contribution in [0.3, 0.4) is 0 Å². The molecular formula is C20H32N4O. The lowest BCUT2D eigenvalue weighted by atomic mass is 9.65. The van der Waals surface area contributed by atoms with Crippen molar-refractivity contribution in [3.8, 4) is 0 Å². The fraction of sp³-hybridized carbons (Fsp3) is 0.800. The largest absolute Gasteiger partial charge is 0.342 e. The van der Waals surface area contributed by atoms with Gasteiger partial charge in [-0.1, -0.05) is 6.42 Å². The van der Waals surface area contributed by atoms with Gasteiger partial charge in [-0.15, -0.1) is 0 Å². The van der Waals surface area contributed by atoms with Gasteiger partial charge in [-0.2, -0.15) is 5.10 Å². The maximum atomic E-state index is 13.0. The molecule has 2 aliphatic carbocycles. The van der Waals surface area contributed by atoms with E-state index in [4.69, 9.17) is 5.73 Å². The van der Waals surface area contributed by atoms with Gasteiger partial charge in [0.25, 0.3) is 0 Å². The van der Waals surface area contributed by atoms with Crippen LogP contribution in [-0.2, 0) is 11.3 Å². The van der Waals surface area contributed by atoms with Crippen molar-refractivity contribution in [1.82, 2.24) is 14.7 Å². The van der Waals surface area contributed by atoms with Crippen LogP contribution in [0.4, 0.5) is 0 Å². The average Bonchev–Trinajstić information content (AvgIpc) is 2.99. The zero-order valence-electron chi connectivity index (χ0n) is 15.4. The van der Waals surface area contributed by atoms with Gasteiger partial charge in [0.05, 0.1) is 6.20 Å². The lowest BCUT2D eigenvalue weighted by molar-refractivity contribution is -0.140. The molecule has 2 unspecified atom stereocenters. The number of carbonyl (C=O) groups excluding carboxylic acids is 1. The quantitative estimate of drug-likeness (QED) is 0.916. The van der Waals surface area contributed by atoms with Crippen molar-refractivity contribution in [3.63, 3.8) is 0 Å². The van der Waals surface area contributed by atoms with E-state index in [1.807, 2.05) is 6.20 Å². The zero-order valence-corrected chi connectivity index (χ0v) is 15.4. The van der Waals surface area contributed by atoms with E-state index in [-0.39, 0.29) is 5.92 Å². The summed E-state index contributed by atoms with van der Waals surface area (Å²) in [6, 6.07) is 0.348. The number of hydrogen-bond acceptors (Lipinski definition) is 3. The minimum absolute atomic E-state index is 0.236. The summed E-state index contributed by atoms with van der Waals surface area (Å²) < 4.78 is 2.06. The summed E-state index contributed by atoms with van der Waals surface area (Å²) in [5, 5.41) is 4.40. The second kappa shape index (κ2) is 7.10. The van der Waals surface area contributed by atoms with Crippen LogP contribution in [0.25, 0.3) is 0 Å². The minimum Gasteiger partial charge on any atom is -0.342 e. The first kappa shape index (κ1) is 17.1. The van der Waals surface area contributed by atoms with Gasteiger partial charge in [0.15, 0.2) is 0 Å². The lowest BCUT2D eigenvalue weighted by Gasteiger charge is -2.45. The van der Waals surface area contributed by atoms with Crippen LogP contribution in [0.15, 0.2) is 12.4 Å². The molecule has 1 amide bonds. The second-order valence-corrected chi connectivity index (χ2v) is 8.71. The van der Waals surface area contributed by atoms with Crippen LogP contribution >= 0.6 is 0 Å². The lowest BCUT2D eigenvalue weighted by Crippen LogP contribution is -2.50. The van der Waals surface area contributed by atoms with Crippen molar-refractivity contribution < 1.29 is 4.79 Å². The van der Waals surface area contributed by atoms with Gasteiger partial charge >= 0.3 is 0 Å². The molecule has 1 aromatic heterocycles. The Morgan fingerprint density at radius 1 is 1.20 bits per heavy atom. The highest BCUT2D eigenvalue weighted by Gasteiger charge is 2.41. The van der Waals surface area contributed by atoms with Crippen molar-refractivity contribution in [2.45, 2.75) is 64.5 Å². The molecular weight excluding hydrogens is 312 g/mol. The molecule has 0 aromatic carbocycles. The van der Waals surface area contributed by atoms with Gasteiger partial charge in [-0.25, -0.2) is 0 Å². The van der Waals surface area contributed by atoms with Gasteiger partial charge in [0, 0.05) is 37.8 Å². The predicted octanol–water partition coefficient (Wildman–Crippen LogP) is 2.58. The highest BCUT2D eigenvalue weighted by molar-refractivity contribution is 5.79. The van der Waals surface area contributed by atoms with Gasteiger partial charge in [0.1, 0.15) is 0 Å². The second-order valence-electron chi connectivity index (χ2n) is 8.71. The molecule has 2 N–H and O–H groups in total. The Hall–Kier alpha value is -1.36. The number of aromatic nitrogens is 2. The van der Waals surface area contributed by atoms with Gasteiger partial charge < -0.3 is 10.6 Å². The molecule has 5 nitrogen and oxygen atoms in total. The third kappa shape index (κ3) is 3.62. The van der Waals surface area contributed by atoms with E-state index in [9.17, 15) is 4.79 Å². The number of piperidine rings is 1. The Bertz CT molecular complexity index is 591. The summed E-state index contributed by atoms with van der Waals surface area (Å²) >= 11 is 0. The molecule has 1 aliphatic heterocycles. The number of nitrogens with two attached hydrogens (primary N) is 1. The van der Waals surface area contributed by atoms with Crippen LogP contribution in [0.2, 0.25) is 0 Å². The number of carbonyl (C=O) groups is 1. The monoisotopic (exact) mass is 344 g/mol. The standard InChI is InChI=1S/C20H32N4O/c1-14-11-22-24(12-14)13-15-5-7-23(8-6-15)20(25)18-9-16-3-2-4-17(10-18)19(16)21/h11-12,15-19H,2-10,13,21H2,1H3. The first-order valence-electron chi connectivity index (χ1n) is 10.1. The van der Waals surface area contributed by atoms with Gasteiger partial charge in [-0.3, -0.25) is 9.48 Å². The number of fused-ring (bicyclic) bond motifs is 2. The summed E-state index contributed by atoms with van der Waals surface area (Å²) in [4.78, 5) is 15.2.